The smallest absolute Gasteiger partial charge is 0.346 e. The SMILES string of the molecule is Cc1c(-[n+]2noc([NH-])c2C(C)C)c(=O)n(-c2ccccc2)n1C. The summed E-state index contributed by atoms with van der Waals surface area (Å²) in [6, 6.07) is 9.42. The van der Waals surface area contributed by atoms with E-state index >= 15 is 0 Å². The van der Waals surface area contributed by atoms with Crippen molar-refractivity contribution in [2.45, 2.75) is 26.7 Å². The molecule has 0 radical (unpaired) electrons. The predicted octanol–water partition coefficient (Wildman–Crippen LogP) is 2.56. The minimum Gasteiger partial charge on any atom is -0.660 e. The van der Waals surface area contributed by atoms with Crippen molar-refractivity contribution in [3.63, 3.8) is 0 Å². The van der Waals surface area contributed by atoms with Gasteiger partial charge < -0.3 is 10.3 Å². The van der Waals surface area contributed by atoms with Crippen LogP contribution < -0.4 is 10.2 Å². The number of nitrogens with zero attached hydrogens (tertiary/aromatic N) is 4. The lowest BCUT2D eigenvalue weighted by Gasteiger charge is -2.06. The third-order valence-electron chi connectivity index (χ3n) is 3.96. The molecule has 2 aromatic heterocycles. The highest BCUT2D eigenvalue weighted by Crippen LogP contribution is 2.23. The first-order chi connectivity index (χ1) is 10.9. The Bertz CT molecular complexity index is 903. The molecule has 0 aliphatic rings. The first kappa shape index (κ1) is 15.1. The third kappa shape index (κ3) is 2.25. The lowest BCUT2D eigenvalue weighted by Crippen LogP contribution is -2.42. The van der Waals surface area contributed by atoms with Crippen molar-refractivity contribution in [3.05, 3.63) is 57.8 Å². The van der Waals surface area contributed by atoms with Gasteiger partial charge in [0.1, 0.15) is 11.6 Å². The van der Waals surface area contributed by atoms with Gasteiger partial charge in [0.25, 0.3) is 0 Å². The van der Waals surface area contributed by atoms with Gasteiger partial charge >= 0.3 is 11.2 Å². The van der Waals surface area contributed by atoms with Crippen molar-refractivity contribution >= 4 is 5.88 Å². The van der Waals surface area contributed by atoms with Crippen LogP contribution in [0.2, 0.25) is 0 Å². The van der Waals surface area contributed by atoms with Crippen LogP contribution >= 0.6 is 0 Å². The van der Waals surface area contributed by atoms with Crippen LogP contribution in [0.4, 0.5) is 5.88 Å². The lowest BCUT2D eigenvalue weighted by molar-refractivity contribution is -0.679. The van der Waals surface area contributed by atoms with Crippen molar-refractivity contribution in [2.75, 3.05) is 0 Å². The summed E-state index contributed by atoms with van der Waals surface area (Å²) in [6.07, 6.45) is 0. The van der Waals surface area contributed by atoms with Gasteiger partial charge in [0, 0.05) is 13.0 Å². The molecular formula is C16H19N5O2. The normalized spacial score (nSPS) is 11.3. The van der Waals surface area contributed by atoms with Crippen LogP contribution in [0.1, 0.15) is 31.2 Å². The van der Waals surface area contributed by atoms with Crippen LogP contribution in [0.3, 0.4) is 0 Å². The Labute approximate surface area is 133 Å². The molecule has 0 saturated heterocycles. The van der Waals surface area contributed by atoms with Crippen molar-refractivity contribution in [1.29, 1.82) is 0 Å². The summed E-state index contributed by atoms with van der Waals surface area (Å²) in [4.78, 5) is 13.0. The third-order valence-corrected chi connectivity index (χ3v) is 3.96. The van der Waals surface area contributed by atoms with Crippen molar-refractivity contribution in [3.8, 4) is 11.4 Å². The molecular weight excluding hydrogens is 294 g/mol. The zero-order valence-corrected chi connectivity index (χ0v) is 13.6. The summed E-state index contributed by atoms with van der Waals surface area (Å²) in [7, 11) is 1.82. The molecule has 1 aromatic carbocycles. The summed E-state index contributed by atoms with van der Waals surface area (Å²) in [5.41, 5.74) is 10.2. The minimum atomic E-state index is -0.198. The van der Waals surface area contributed by atoms with Crippen LogP contribution in [0, 0.1) is 6.92 Å². The topological polar surface area (TPSA) is 80.6 Å². The van der Waals surface area contributed by atoms with Gasteiger partial charge in [-0.2, -0.15) is 0 Å². The number of hydrogen-bond acceptors (Lipinski definition) is 3. The van der Waals surface area contributed by atoms with Crippen LogP contribution in [0.25, 0.3) is 17.1 Å². The first-order valence-electron chi connectivity index (χ1n) is 7.41. The van der Waals surface area contributed by atoms with E-state index in [-0.39, 0.29) is 17.4 Å². The second kappa shape index (κ2) is 5.42. The lowest BCUT2D eigenvalue weighted by atomic mass is 10.1. The number of hydrogen-bond donors (Lipinski definition) is 0. The Morgan fingerprint density at radius 1 is 1.26 bits per heavy atom. The zero-order chi connectivity index (χ0) is 16.7. The van der Waals surface area contributed by atoms with Gasteiger partial charge in [-0.15, -0.1) is 0 Å². The zero-order valence-electron chi connectivity index (χ0n) is 13.6. The number of nitrogens with one attached hydrogen (secondary N) is 1. The van der Waals surface area contributed by atoms with Gasteiger partial charge in [-0.3, -0.25) is 9.48 Å². The quantitative estimate of drug-likeness (QED) is 0.697. The molecule has 0 aliphatic carbocycles. The molecule has 7 heteroatoms. The van der Waals surface area contributed by atoms with E-state index in [0.29, 0.717) is 11.4 Å². The van der Waals surface area contributed by atoms with E-state index < -0.39 is 0 Å². The van der Waals surface area contributed by atoms with Crippen LogP contribution in [-0.2, 0) is 7.05 Å². The van der Waals surface area contributed by atoms with E-state index in [2.05, 4.69) is 5.27 Å². The van der Waals surface area contributed by atoms with E-state index in [9.17, 15) is 4.79 Å². The standard InChI is InChI=1S/C16H19N5O2/c1-10(2)13-15(17)23-18-20(13)14-11(3)19(4)21(16(14)22)12-8-6-5-7-9-12/h5-10H,1-4H3,(H-,17,18). The first-order valence-corrected chi connectivity index (χ1v) is 7.41. The Balaban J connectivity index is 2.30. The molecule has 0 amide bonds. The Morgan fingerprint density at radius 3 is 2.52 bits per heavy atom. The van der Waals surface area contributed by atoms with E-state index in [4.69, 9.17) is 10.3 Å². The summed E-state index contributed by atoms with van der Waals surface area (Å²) in [5.74, 6) is -0.00755. The Morgan fingerprint density at radius 2 is 1.91 bits per heavy atom. The fourth-order valence-corrected chi connectivity index (χ4v) is 2.73. The van der Waals surface area contributed by atoms with Gasteiger partial charge in [-0.05, 0) is 23.7 Å². The van der Waals surface area contributed by atoms with Gasteiger partial charge in [0.2, 0.25) is 11.0 Å². The maximum atomic E-state index is 13.0. The number of para-hydroxylation sites is 1. The fraction of sp³-hybridized carbons (Fsp3) is 0.312. The van der Waals surface area contributed by atoms with Crippen molar-refractivity contribution in [1.82, 2.24) is 14.6 Å². The van der Waals surface area contributed by atoms with Gasteiger partial charge in [0.05, 0.1) is 5.69 Å². The summed E-state index contributed by atoms with van der Waals surface area (Å²) in [6.45, 7) is 5.73. The Hall–Kier alpha value is -2.83. The highest BCUT2D eigenvalue weighted by atomic mass is 16.5. The second-order valence-electron chi connectivity index (χ2n) is 5.76. The molecule has 2 heterocycles. The molecule has 0 unspecified atom stereocenters. The molecule has 120 valence electrons. The van der Waals surface area contributed by atoms with E-state index in [1.165, 1.54) is 4.68 Å². The van der Waals surface area contributed by atoms with E-state index in [1.54, 1.807) is 9.36 Å². The summed E-state index contributed by atoms with van der Waals surface area (Å²) < 4.78 is 9.81. The average molecular weight is 313 g/mol. The highest BCUT2D eigenvalue weighted by molar-refractivity contribution is 5.38. The predicted molar refractivity (Wildman–Crippen MR) is 85.4 cm³/mol. The summed E-state index contributed by atoms with van der Waals surface area (Å²) in [5, 5.41) is 3.90. The summed E-state index contributed by atoms with van der Waals surface area (Å²) >= 11 is 0. The van der Waals surface area contributed by atoms with Crippen LogP contribution in [0.5, 0.6) is 0 Å². The highest BCUT2D eigenvalue weighted by Gasteiger charge is 2.32. The molecule has 0 atom stereocenters. The monoisotopic (exact) mass is 313 g/mol. The minimum absolute atomic E-state index is 0.0120. The maximum Gasteiger partial charge on any atom is 0.346 e. The maximum absolute atomic E-state index is 13.0. The molecule has 0 bridgehead atoms. The van der Waals surface area contributed by atoms with E-state index in [1.807, 2.05) is 58.2 Å². The van der Waals surface area contributed by atoms with Gasteiger partial charge in [-0.25, -0.2) is 4.68 Å². The molecule has 3 rings (SSSR count). The fourth-order valence-electron chi connectivity index (χ4n) is 2.73. The second-order valence-corrected chi connectivity index (χ2v) is 5.76. The molecule has 0 saturated carbocycles. The number of benzene rings is 1. The van der Waals surface area contributed by atoms with Crippen LogP contribution in [-0.4, -0.2) is 14.6 Å². The molecule has 7 nitrogen and oxygen atoms in total. The molecule has 0 fully saturated rings. The molecule has 3 aromatic rings. The van der Waals surface area contributed by atoms with Crippen molar-refractivity contribution in [2.24, 2.45) is 7.05 Å². The molecule has 0 aliphatic heterocycles. The molecule has 0 spiro atoms. The van der Waals surface area contributed by atoms with Gasteiger partial charge in [0.15, 0.2) is 0 Å². The number of rotatable bonds is 3. The van der Waals surface area contributed by atoms with E-state index in [0.717, 1.165) is 11.4 Å². The van der Waals surface area contributed by atoms with Crippen LogP contribution in [0.15, 0.2) is 39.6 Å². The van der Waals surface area contributed by atoms with Crippen molar-refractivity contribution < 1.29 is 9.20 Å². The molecule has 23 heavy (non-hydrogen) atoms. The average Bonchev–Trinajstić information content (AvgIpc) is 2.99. The number of aromatic nitrogens is 4. The Kier molecular flexibility index (Phi) is 3.55. The largest absolute Gasteiger partial charge is 0.660 e. The van der Waals surface area contributed by atoms with Gasteiger partial charge in [-0.1, -0.05) is 32.0 Å². The molecule has 1 N–H and O–H groups in total.